The average molecular weight is 356 g/mol. The van der Waals surface area contributed by atoms with Crippen LogP contribution in [0.3, 0.4) is 0 Å². The van der Waals surface area contributed by atoms with Crippen molar-refractivity contribution < 1.29 is 12.8 Å². The number of halogens is 1. The Labute approximate surface area is 142 Å². The topological polar surface area (TPSA) is 87.7 Å². The zero-order valence-corrected chi connectivity index (χ0v) is 13.9. The average Bonchev–Trinajstić information content (AvgIpc) is 3.04. The van der Waals surface area contributed by atoms with Crippen molar-refractivity contribution in [1.82, 2.24) is 15.2 Å². The molecular weight excluding hydrogens is 343 g/mol. The molecule has 2 aromatic carbocycles. The first-order valence-electron chi connectivity index (χ1n) is 7.42. The van der Waals surface area contributed by atoms with Gasteiger partial charge in [-0.3, -0.25) is 5.10 Å². The molecule has 4 aromatic rings. The van der Waals surface area contributed by atoms with E-state index in [1.165, 1.54) is 18.2 Å². The Morgan fingerprint density at radius 3 is 2.76 bits per heavy atom. The molecule has 0 saturated heterocycles. The Kier molecular flexibility index (Phi) is 3.43. The van der Waals surface area contributed by atoms with Crippen LogP contribution in [0.1, 0.15) is 0 Å². The van der Waals surface area contributed by atoms with Gasteiger partial charge < -0.3 is 5.32 Å². The van der Waals surface area contributed by atoms with Gasteiger partial charge in [-0.25, -0.2) is 17.8 Å². The molecule has 2 heterocycles. The van der Waals surface area contributed by atoms with Gasteiger partial charge in [0.2, 0.25) is 0 Å². The van der Waals surface area contributed by atoms with Crippen LogP contribution in [0.2, 0.25) is 0 Å². The van der Waals surface area contributed by atoms with E-state index in [0.29, 0.717) is 33.3 Å². The molecule has 0 bridgehead atoms. The second-order valence-electron chi connectivity index (χ2n) is 5.68. The number of aromatic nitrogens is 3. The molecule has 4 rings (SSSR count). The third kappa shape index (κ3) is 2.70. The molecule has 0 aliphatic carbocycles. The van der Waals surface area contributed by atoms with Gasteiger partial charge in [-0.2, -0.15) is 5.10 Å². The van der Waals surface area contributed by atoms with Crippen molar-refractivity contribution >= 4 is 43.1 Å². The van der Waals surface area contributed by atoms with Crippen molar-refractivity contribution in [2.24, 2.45) is 0 Å². The Morgan fingerprint density at radius 2 is 1.96 bits per heavy atom. The van der Waals surface area contributed by atoms with E-state index in [-0.39, 0.29) is 10.7 Å². The lowest BCUT2D eigenvalue weighted by molar-refractivity contribution is 0.602. The van der Waals surface area contributed by atoms with E-state index < -0.39 is 9.84 Å². The molecule has 126 valence electrons. The summed E-state index contributed by atoms with van der Waals surface area (Å²) in [7, 11) is -3.32. The van der Waals surface area contributed by atoms with Gasteiger partial charge in [0.25, 0.3) is 0 Å². The summed E-state index contributed by atoms with van der Waals surface area (Å²) in [5.41, 5.74) is 1.58. The smallest absolute Gasteiger partial charge is 0.175 e. The van der Waals surface area contributed by atoms with Gasteiger partial charge in [-0.05, 0) is 30.3 Å². The molecule has 0 amide bonds. The van der Waals surface area contributed by atoms with E-state index in [1.54, 1.807) is 30.5 Å². The van der Waals surface area contributed by atoms with Crippen molar-refractivity contribution in [3.05, 3.63) is 54.5 Å². The molecule has 0 atom stereocenters. The molecule has 0 unspecified atom stereocenters. The minimum absolute atomic E-state index is 0.199. The van der Waals surface area contributed by atoms with Gasteiger partial charge in [0.05, 0.1) is 16.6 Å². The standard InChI is InChI=1S/C17H13FN4O2S/c1-25(23,24)11-5-2-4-10(8-11)20-17-16-12(9-19-22-16)15-13(18)6-3-7-14(15)21-17/h2-9H,1H3,(H,19,22)(H,20,21). The normalized spacial score (nSPS) is 11.9. The van der Waals surface area contributed by atoms with E-state index >= 15 is 0 Å². The zero-order valence-electron chi connectivity index (χ0n) is 13.1. The fourth-order valence-corrected chi connectivity index (χ4v) is 3.40. The lowest BCUT2D eigenvalue weighted by Crippen LogP contribution is -2.00. The maximum Gasteiger partial charge on any atom is 0.175 e. The number of benzene rings is 2. The predicted molar refractivity (Wildman–Crippen MR) is 94.2 cm³/mol. The molecule has 2 aromatic heterocycles. The molecule has 0 aliphatic heterocycles. The molecule has 8 heteroatoms. The van der Waals surface area contributed by atoms with E-state index in [1.807, 2.05) is 0 Å². The monoisotopic (exact) mass is 356 g/mol. The molecule has 0 radical (unpaired) electrons. The number of fused-ring (bicyclic) bond motifs is 3. The first kappa shape index (κ1) is 15.5. The Morgan fingerprint density at radius 1 is 1.16 bits per heavy atom. The van der Waals surface area contributed by atoms with Crippen molar-refractivity contribution in [3.63, 3.8) is 0 Å². The van der Waals surface area contributed by atoms with E-state index in [2.05, 4.69) is 20.5 Å². The Bertz CT molecular complexity index is 1220. The van der Waals surface area contributed by atoms with Crippen LogP contribution in [0.25, 0.3) is 21.8 Å². The van der Waals surface area contributed by atoms with Crippen molar-refractivity contribution in [2.45, 2.75) is 4.90 Å². The molecule has 0 saturated carbocycles. The van der Waals surface area contributed by atoms with Crippen LogP contribution in [0.15, 0.2) is 53.6 Å². The van der Waals surface area contributed by atoms with Crippen molar-refractivity contribution in [1.29, 1.82) is 0 Å². The van der Waals surface area contributed by atoms with Gasteiger partial charge >= 0.3 is 0 Å². The number of hydrogen-bond donors (Lipinski definition) is 2. The third-order valence-electron chi connectivity index (χ3n) is 3.89. The third-order valence-corrected chi connectivity index (χ3v) is 5.00. The summed E-state index contributed by atoms with van der Waals surface area (Å²) in [5, 5.41) is 10.9. The fourth-order valence-electron chi connectivity index (χ4n) is 2.74. The van der Waals surface area contributed by atoms with E-state index in [4.69, 9.17) is 0 Å². The fraction of sp³-hybridized carbons (Fsp3) is 0.0588. The van der Waals surface area contributed by atoms with Gasteiger partial charge in [0, 0.05) is 22.7 Å². The minimum atomic E-state index is -3.32. The van der Waals surface area contributed by atoms with Gasteiger partial charge in [-0.1, -0.05) is 12.1 Å². The Balaban J connectivity index is 1.89. The summed E-state index contributed by atoms with van der Waals surface area (Å²) >= 11 is 0. The summed E-state index contributed by atoms with van der Waals surface area (Å²) in [6.45, 7) is 0. The van der Waals surface area contributed by atoms with Gasteiger partial charge in [0.1, 0.15) is 11.3 Å². The molecule has 2 N–H and O–H groups in total. The summed E-state index contributed by atoms with van der Waals surface area (Å²) in [4.78, 5) is 4.65. The molecule has 0 aliphatic rings. The van der Waals surface area contributed by atoms with E-state index in [9.17, 15) is 12.8 Å². The number of H-pyrrole nitrogens is 1. The molecule has 0 fully saturated rings. The SMILES string of the molecule is CS(=O)(=O)c1cccc(Nc2nc3cccc(F)c3c3cn[nH]c23)c1. The Hall–Kier alpha value is -3.00. The highest BCUT2D eigenvalue weighted by Crippen LogP contribution is 2.31. The number of pyridine rings is 1. The van der Waals surface area contributed by atoms with Crippen molar-refractivity contribution in [2.75, 3.05) is 11.6 Å². The number of nitrogens with zero attached hydrogens (tertiary/aromatic N) is 2. The van der Waals surface area contributed by atoms with Gasteiger partial charge in [-0.15, -0.1) is 0 Å². The number of anilines is 2. The van der Waals surface area contributed by atoms with Crippen LogP contribution in [-0.2, 0) is 9.84 Å². The molecule has 6 nitrogen and oxygen atoms in total. The highest BCUT2D eigenvalue weighted by atomic mass is 32.2. The number of rotatable bonds is 3. The highest BCUT2D eigenvalue weighted by molar-refractivity contribution is 7.90. The molecular formula is C17H13FN4O2S. The van der Waals surface area contributed by atoms with Crippen LogP contribution in [0.4, 0.5) is 15.9 Å². The summed E-state index contributed by atoms with van der Waals surface area (Å²) in [5.74, 6) is 0.0678. The van der Waals surface area contributed by atoms with Gasteiger partial charge in [0.15, 0.2) is 15.7 Å². The second kappa shape index (κ2) is 5.52. The second-order valence-corrected chi connectivity index (χ2v) is 7.69. The first-order valence-corrected chi connectivity index (χ1v) is 9.31. The van der Waals surface area contributed by atoms with Crippen LogP contribution in [0, 0.1) is 5.82 Å². The minimum Gasteiger partial charge on any atom is -0.338 e. The summed E-state index contributed by atoms with van der Waals surface area (Å²) < 4.78 is 37.6. The highest BCUT2D eigenvalue weighted by Gasteiger charge is 2.14. The number of aromatic amines is 1. The number of sulfone groups is 1. The van der Waals surface area contributed by atoms with Crippen molar-refractivity contribution in [3.8, 4) is 0 Å². The van der Waals surface area contributed by atoms with Crippen LogP contribution < -0.4 is 5.32 Å². The van der Waals surface area contributed by atoms with E-state index in [0.717, 1.165) is 6.26 Å². The number of nitrogens with one attached hydrogen (secondary N) is 2. The predicted octanol–water partition coefficient (Wildman–Crippen LogP) is 3.40. The van der Waals surface area contributed by atoms with Crippen LogP contribution >= 0.6 is 0 Å². The number of hydrogen-bond acceptors (Lipinski definition) is 5. The maximum atomic E-state index is 14.2. The molecule has 0 spiro atoms. The van der Waals surface area contributed by atoms with Crippen LogP contribution in [0.5, 0.6) is 0 Å². The first-order chi connectivity index (χ1) is 11.9. The lowest BCUT2D eigenvalue weighted by atomic mass is 10.1. The van der Waals surface area contributed by atoms with Crippen LogP contribution in [-0.4, -0.2) is 29.9 Å². The quantitative estimate of drug-likeness (QED) is 0.587. The largest absolute Gasteiger partial charge is 0.338 e. The maximum absolute atomic E-state index is 14.2. The summed E-state index contributed by atoms with van der Waals surface area (Å²) in [6, 6.07) is 11.1. The zero-order chi connectivity index (χ0) is 17.6. The lowest BCUT2D eigenvalue weighted by Gasteiger charge is -2.10. The molecule has 25 heavy (non-hydrogen) atoms. The summed E-state index contributed by atoms with van der Waals surface area (Å²) in [6.07, 6.45) is 2.69.